The van der Waals surface area contributed by atoms with Gasteiger partial charge in [0.15, 0.2) is 11.5 Å². The van der Waals surface area contributed by atoms with Crippen molar-refractivity contribution < 1.29 is 14.3 Å². The lowest BCUT2D eigenvalue weighted by molar-refractivity contribution is 0.0729. The molecule has 1 aliphatic rings. The van der Waals surface area contributed by atoms with E-state index in [4.69, 9.17) is 21.1 Å². The van der Waals surface area contributed by atoms with Crippen LogP contribution < -0.4 is 9.47 Å². The van der Waals surface area contributed by atoms with Crippen LogP contribution >= 0.6 is 11.6 Å². The molecule has 190 valence electrons. The molecule has 0 radical (unpaired) electrons. The van der Waals surface area contributed by atoms with Gasteiger partial charge in [-0.1, -0.05) is 49.7 Å². The van der Waals surface area contributed by atoms with E-state index >= 15 is 0 Å². The van der Waals surface area contributed by atoms with E-state index in [1.54, 1.807) is 19.5 Å². The van der Waals surface area contributed by atoms with Crippen molar-refractivity contribution in [3.05, 3.63) is 94.4 Å². The molecular formula is C29H29ClN4O3. The van der Waals surface area contributed by atoms with Crippen LogP contribution in [-0.2, 0) is 6.54 Å². The Morgan fingerprint density at radius 2 is 1.92 bits per heavy atom. The molecule has 1 amide bonds. The molecule has 7 nitrogen and oxygen atoms in total. The number of nitrogens with zero attached hydrogens (tertiary/aromatic N) is 3. The van der Waals surface area contributed by atoms with Crippen molar-refractivity contribution in [1.29, 1.82) is 0 Å². The Hall–Kier alpha value is -3.84. The van der Waals surface area contributed by atoms with Crippen LogP contribution in [0.4, 0.5) is 0 Å². The summed E-state index contributed by atoms with van der Waals surface area (Å²) in [7, 11) is 1.63. The van der Waals surface area contributed by atoms with Crippen molar-refractivity contribution in [2.75, 3.05) is 13.7 Å². The van der Waals surface area contributed by atoms with Gasteiger partial charge in [-0.2, -0.15) is 5.10 Å². The first kappa shape index (κ1) is 24.8. The van der Waals surface area contributed by atoms with Crippen molar-refractivity contribution in [1.82, 2.24) is 20.1 Å². The number of pyridine rings is 1. The summed E-state index contributed by atoms with van der Waals surface area (Å²) in [4.78, 5) is 19.7. The first-order valence-corrected chi connectivity index (χ1v) is 12.7. The first-order chi connectivity index (χ1) is 18.0. The van der Waals surface area contributed by atoms with Crippen LogP contribution in [0.15, 0.2) is 67.0 Å². The minimum absolute atomic E-state index is 0.118. The van der Waals surface area contributed by atoms with Gasteiger partial charge in [0.2, 0.25) is 0 Å². The van der Waals surface area contributed by atoms with Crippen molar-refractivity contribution >= 4 is 17.5 Å². The standard InChI is InChI=1S/C29H29ClN4O3/c1-18(2)12-14-37-23-11-8-21(15-24(23)36-3)28-25-26(20-6-9-22(30)10-7-20)32-33-27(25)29(35)34(28)17-19-5-4-13-31-16-19/h4-11,13,15-16,18,28H,12,14,17H2,1-3H3,(H,32,33). The molecule has 2 aromatic heterocycles. The second-order valence-corrected chi connectivity index (χ2v) is 9.94. The fourth-order valence-corrected chi connectivity index (χ4v) is 4.73. The second-order valence-electron chi connectivity index (χ2n) is 9.51. The topological polar surface area (TPSA) is 80.3 Å². The fourth-order valence-electron chi connectivity index (χ4n) is 4.60. The van der Waals surface area contributed by atoms with Gasteiger partial charge in [-0.05, 0) is 53.8 Å². The van der Waals surface area contributed by atoms with Crippen LogP contribution in [0.5, 0.6) is 11.5 Å². The molecule has 0 spiro atoms. The molecular weight excluding hydrogens is 488 g/mol. The van der Waals surface area contributed by atoms with E-state index in [1.807, 2.05) is 59.5 Å². The molecule has 1 atom stereocenters. The predicted octanol–water partition coefficient (Wildman–Crippen LogP) is 6.30. The van der Waals surface area contributed by atoms with Gasteiger partial charge in [-0.15, -0.1) is 0 Å². The summed E-state index contributed by atoms with van der Waals surface area (Å²) in [6.45, 7) is 5.33. The minimum atomic E-state index is -0.384. The number of aromatic amines is 1. The molecule has 1 unspecified atom stereocenters. The van der Waals surface area contributed by atoms with Gasteiger partial charge in [0.25, 0.3) is 5.91 Å². The Morgan fingerprint density at radius 3 is 2.62 bits per heavy atom. The summed E-state index contributed by atoms with van der Waals surface area (Å²) in [6.07, 6.45) is 4.45. The number of fused-ring (bicyclic) bond motifs is 1. The molecule has 3 heterocycles. The third kappa shape index (κ3) is 5.04. The fraction of sp³-hybridized carbons (Fsp3) is 0.276. The van der Waals surface area contributed by atoms with Gasteiger partial charge in [-0.3, -0.25) is 14.9 Å². The highest BCUT2D eigenvalue weighted by molar-refractivity contribution is 6.30. The van der Waals surface area contributed by atoms with Crippen LogP contribution in [0.2, 0.25) is 5.02 Å². The lowest BCUT2D eigenvalue weighted by atomic mass is 9.95. The number of halogens is 1. The molecule has 5 rings (SSSR count). The highest BCUT2D eigenvalue weighted by atomic mass is 35.5. The molecule has 0 fully saturated rings. The third-order valence-corrected chi connectivity index (χ3v) is 6.77. The van der Waals surface area contributed by atoms with E-state index in [0.717, 1.165) is 34.4 Å². The molecule has 8 heteroatoms. The molecule has 2 aromatic carbocycles. The maximum Gasteiger partial charge on any atom is 0.273 e. The van der Waals surface area contributed by atoms with Crippen LogP contribution in [0, 0.1) is 5.92 Å². The van der Waals surface area contributed by atoms with Gasteiger partial charge >= 0.3 is 0 Å². The number of hydrogen-bond acceptors (Lipinski definition) is 5. The highest BCUT2D eigenvalue weighted by Gasteiger charge is 2.42. The Bertz CT molecular complexity index is 1390. The summed E-state index contributed by atoms with van der Waals surface area (Å²) in [5.74, 6) is 1.73. The zero-order valence-electron chi connectivity index (χ0n) is 21.1. The summed E-state index contributed by atoms with van der Waals surface area (Å²) < 4.78 is 11.7. The van der Waals surface area contributed by atoms with Gasteiger partial charge < -0.3 is 14.4 Å². The zero-order chi connectivity index (χ0) is 25.9. The summed E-state index contributed by atoms with van der Waals surface area (Å²) in [6, 6.07) is 16.8. The van der Waals surface area contributed by atoms with Crippen LogP contribution in [-0.4, -0.2) is 39.7 Å². The van der Waals surface area contributed by atoms with Gasteiger partial charge in [0.05, 0.1) is 25.5 Å². The van der Waals surface area contributed by atoms with E-state index in [2.05, 4.69) is 29.0 Å². The second kappa shape index (κ2) is 10.6. The van der Waals surface area contributed by atoms with Crippen LogP contribution in [0.25, 0.3) is 11.3 Å². The van der Waals surface area contributed by atoms with Crippen molar-refractivity contribution in [3.8, 4) is 22.8 Å². The number of carbonyl (C=O) groups is 1. The summed E-state index contributed by atoms with van der Waals surface area (Å²) in [5, 5.41) is 8.17. The Labute approximate surface area is 221 Å². The number of benzene rings is 2. The molecule has 0 aliphatic carbocycles. The molecule has 1 aliphatic heterocycles. The first-order valence-electron chi connectivity index (χ1n) is 12.3. The van der Waals surface area contributed by atoms with E-state index in [0.29, 0.717) is 41.3 Å². The number of H-pyrrole nitrogens is 1. The molecule has 0 bridgehead atoms. The summed E-state index contributed by atoms with van der Waals surface area (Å²) >= 11 is 6.13. The number of aromatic nitrogens is 3. The quantitative estimate of drug-likeness (QED) is 0.282. The number of ether oxygens (including phenoxy) is 2. The highest BCUT2D eigenvalue weighted by Crippen LogP contribution is 2.45. The predicted molar refractivity (Wildman–Crippen MR) is 143 cm³/mol. The van der Waals surface area contributed by atoms with E-state index < -0.39 is 0 Å². The van der Waals surface area contributed by atoms with Crippen molar-refractivity contribution in [2.24, 2.45) is 5.92 Å². The lowest BCUT2D eigenvalue weighted by Crippen LogP contribution is -2.29. The number of amides is 1. The molecule has 37 heavy (non-hydrogen) atoms. The molecule has 4 aromatic rings. The molecule has 1 N–H and O–H groups in total. The number of nitrogens with one attached hydrogen (secondary N) is 1. The zero-order valence-corrected chi connectivity index (χ0v) is 21.8. The van der Waals surface area contributed by atoms with Crippen LogP contribution in [0.1, 0.15) is 53.5 Å². The van der Waals surface area contributed by atoms with Crippen molar-refractivity contribution in [3.63, 3.8) is 0 Å². The normalized spacial score (nSPS) is 14.8. The lowest BCUT2D eigenvalue weighted by Gasteiger charge is -2.27. The molecule has 0 saturated heterocycles. The van der Waals surface area contributed by atoms with E-state index in [1.165, 1.54) is 0 Å². The Morgan fingerprint density at radius 1 is 1.11 bits per heavy atom. The van der Waals surface area contributed by atoms with Crippen LogP contribution in [0.3, 0.4) is 0 Å². The van der Waals surface area contributed by atoms with Gasteiger partial charge in [0.1, 0.15) is 5.69 Å². The van der Waals surface area contributed by atoms with Gasteiger partial charge in [-0.25, -0.2) is 0 Å². The number of methoxy groups -OCH3 is 1. The maximum absolute atomic E-state index is 13.7. The minimum Gasteiger partial charge on any atom is -0.493 e. The monoisotopic (exact) mass is 516 g/mol. The average Bonchev–Trinajstić information content (AvgIpc) is 3.44. The van der Waals surface area contributed by atoms with Gasteiger partial charge in [0, 0.05) is 35.1 Å². The Kier molecular flexibility index (Phi) is 7.15. The third-order valence-electron chi connectivity index (χ3n) is 6.51. The van der Waals surface area contributed by atoms with E-state index in [-0.39, 0.29) is 11.9 Å². The maximum atomic E-state index is 13.7. The van der Waals surface area contributed by atoms with E-state index in [9.17, 15) is 4.79 Å². The number of rotatable bonds is 9. The smallest absolute Gasteiger partial charge is 0.273 e. The Balaban J connectivity index is 1.58. The molecule has 0 saturated carbocycles. The largest absolute Gasteiger partial charge is 0.493 e. The average molecular weight is 517 g/mol. The SMILES string of the molecule is COc1cc(C2c3c(-c4ccc(Cl)cc4)n[nH]c3C(=O)N2Cc2cccnc2)ccc1OCCC(C)C. The van der Waals surface area contributed by atoms with Crippen molar-refractivity contribution in [2.45, 2.75) is 32.9 Å². The number of hydrogen-bond donors (Lipinski definition) is 1. The number of carbonyl (C=O) groups excluding carboxylic acids is 1. The summed E-state index contributed by atoms with van der Waals surface area (Å²) in [5.41, 5.74) is 4.74.